The predicted molar refractivity (Wildman–Crippen MR) is 115 cm³/mol. The number of carbonyl (C=O) groups is 2. The average Bonchev–Trinajstić information content (AvgIpc) is 3.27. The van der Waals surface area contributed by atoms with Crippen LogP contribution in [-0.2, 0) is 27.2 Å². The van der Waals surface area contributed by atoms with Gasteiger partial charge in [0, 0.05) is 30.1 Å². The monoisotopic (exact) mass is 427 g/mol. The van der Waals surface area contributed by atoms with Crippen LogP contribution in [0.15, 0.2) is 27.4 Å². The molecule has 0 unspecified atom stereocenters. The molecule has 0 bridgehead atoms. The molecule has 2 aliphatic rings. The van der Waals surface area contributed by atoms with Gasteiger partial charge in [-0.1, -0.05) is 6.92 Å². The van der Waals surface area contributed by atoms with Gasteiger partial charge in [-0.25, -0.2) is 9.59 Å². The third-order valence-corrected chi connectivity index (χ3v) is 6.58. The number of hydrogen-bond acceptors (Lipinski definition) is 6. The Morgan fingerprint density at radius 2 is 1.84 bits per heavy atom. The Balaban J connectivity index is 1.29. The van der Waals surface area contributed by atoms with E-state index < -0.39 is 5.97 Å². The van der Waals surface area contributed by atoms with E-state index in [1.807, 2.05) is 6.07 Å². The topological polar surface area (TPSA) is 86.0 Å². The second kappa shape index (κ2) is 9.12. The molecule has 1 heterocycles. The van der Waals surface area contributed by atoms with Crippen LogP contribution < -0.4 is 10.4 Å². The molecule has 7 heteroatoms. The van der Waals surface area contributed by atoms with Crippen molar-refractivity contribution < 1.29 is 23.5 Å². The van der Waals surface area contributed by atoms with Gasteiger partial charge in [-0.3, -0.25) is 4.79 Å². The SMILES string of the molecule is CC1CCC(N(C)C(=O)COC(=O)COc2ccc3c4c(c(=O)oc3c2)CCC4)CC1. The lowest BCUT2D eigenvalue weighted by Crippen LogP contribution is -2.41. The van der Waals surface area contributed by atoms with Crippen LogP contribution >= 0.6 is 0 Å². The van der Waals surface area contributed by atoms with E-state index in [4.69, 9.17) is 13.9 Å². The Labute approximate surface area is 181 Å². The zero-order valence-corrected chi connectivity index (χ0v) is 18.1. The van der Waals surface area contributed by atoms with Crippen molar-refractivity contribution >= 4 is 22.8 Å². The average molecular weight is 427 g/mol. The maximum atomic E-state index is 12.3. The molecule has 0 aliphatic heterocycles. The van der Waals surface area contributed by atoms with Crippen LogP contribution in [0.4, 0.5) is 0 Å². The minimum absolute atomic E-state index is 0.200. The van der Waals surface area contributed by atoms with E-state index in [1.54, 1.807) is 24.1 Å². The minimum Gasteiger partial charge on any atom is -0.482 e. The van der Waals surface area contributed by atoms with Crippen molar-refractivity contribution in [3.8, 4) is 5.75 Å². The summed E-state index contributed by atoms with van der Waals surface area (Å²) in [5.74, 6) is 0.299. The molecule has 7 nitrogen and oxygen atoms in total. The van der Waals surface area contributed by atoms with Gasteiger partial charge < -0.3 is 18.8 Å². The van der Waals surface area contributed by atoms with Gasteiger partial charge in [-0.15, -0.1) is 0 Å². The lowest BCUT2D eigenvalue weighted by Gasteiger charge is -2.33. The first kappa shape index (κ1) is 21.4. The van der Waals surface area contributed by atoms with Gasteiger partial charge in [0.05, 0.1) is 0 Å². The molecule has 0 N–H and O–H groups in total. The van der Waals surface area contributed by atoms with Crippen molar-refractivity contribution in [3.05, 3.63) is 39.7 Å². The number of ether oxygens (including phenoxy) is 2. The molecule has 1 aromatic heterocycles. The molecule has 0 atom stereocenters. The lowest BCUT2D eigenvalue weighted by molar-refractivity contribution is -0.154. The van der Waals surface area contributed by atoms with Crippen molar-refractivity contribution in [2.75, 3.05) is 20.3 Å². The second-order valence-electron chi connectivity index (χ2n) is 8.73. The summed E-state index contributed by atoms with van der Waals surface area (Å²) in [7, 11) is 1.77. The van der Waals surface area contributed by atoms with Gasteiger partial charge in [0.25, 0.3) is 5.91 Å². The maximum Gasteiger partial charge on any atom is 0.344 e. The summed E-state index contributed by atoms with van der Waals surface area (Å²) in [5, 5.41) is 0.910. The van der Waals surface area contributed by atoms with Crippen molar-refractivity contribution in [1.29, 1.82) is 0 Å². The summed E-state index contributed by atoms with van der Waals surface area (Å²) < 4.78 is 16.0. The second-order valence-corrected chi connectivity index (χ2v) is 8.73. The number of benzene rings is 1. The number of nitrogens with zero attached hydrogens (tertiary/aromatic N) is 1. The van der Waals surface area contributed by atoms with E-state index in [1.165, 1.54) is 0 Å². The van der Waals surface area contributed by atoms with Crippen molar-refractivity contribution in [3.63, 3.8) is 0 Å². The highest BCUT2D eigenvalue weighted by Crippen LogP contribution is 2.30. The Hall–Kier alpha value is -2.83. The molecule has 2 aliphatic carbocycles. The number of fused-ring (bicyclic) bond motifs is 3. The van der Waals surface area contributed by atoms with E-state index in [2.05, 4.69) is 6.92 Å². The van der Waals surface area contributed by atoms with Gasteiger partial charge in [-0.2, -0.15) is 0 Å². The van der Waals surface area contributed by atoms with E-state index in [0.29, 0.717) is 17.3 Å². The van der Waals surface area contributed by atoms with E-state index in [0.717, 1.165) is 61.5 Å². The molecule has 1 saturated carbocycles. The number of hydrogen-bond donors (Lipinski definition) is 0. The van der Waals surface area contributed by atoms with Crippen LogP contribution in [-0.4, -0.2) is 43.1 Å². The Morgan fingerprint density at radius 1 is 1.10 bits per heavy atom. The summed E-state index contributed by atoms with van der Waals surface area (Å²) in [6.45, 7) is 1.62. The fourth-order valence-corrected chi connectivity index (χ4v) is 4.62. The number of carbonyl (C=O) groups excluding carboxylic acids is 2. The third-order valence-electron chi connectivity index (χ3n) is 6.58. The molecular weight excluding hydrogens is 398 g/mol. The van der Waals surface area contributed by atoms with Crippen LogP contribution in [0.3, 0.4) is 0 Å². The van der Waals surface area contributed by atoms with Crippen LogP contribution in [0.1, 0.15) is 50.2 Å². The fourth-order valence-electron chi connectivity index (χ4n) is 4.62. The van der Waals surface area contributed by atoms with E-state index in [9.17, 15) is 14.4 Å². The molecule has 1 amide bonds. The van der Waals surface area contributed by atoms with E-state index >= 15 is 0 Å². The molecule has 31 heavy (non-hydrogen) atoms. The molecule has 1 aromatic carbocycles. The lowest BCUT2D eigenvalue weighted by atomic mass is 9.87. The van der Waals surface area contributed by atoms with E-state index in [-0.39, 0.29) is 30.8 Å². The predicted octanol–water partition coefficient (Wildman–Crippen LogP) is 3.24. The zero-order chi connectivity index (χ0) is 22.0. The fraction of sp³-hybridized carbons (Fsp3) is 0.542. The first-order valence-corrected chi connectivity index (χ1v) is 11.0. The van der Waals surface area contributed by atoms with Gasteiger partial charge in [0.1, 0.15) is 11.3 Å². The van der Waals surface area contributed by atoms with Gasteiger partial charge >= 0.3 is 11.6 Å². The summed E-state index contributed by atoms with van der Waals surface area (Å²) in [6, 6.07) is 5.43. The summed E-state index contributed by atoms with van der Waals surface area (Å²) in [6.07, 6.45) is 6.79. The highest BCUT2D eigenvalue weighted by atomic mass is 16.6. The molecule has 0 saturated heterocycles. The van der Waals surface area contributed by atoms with Crippen LogP contribution in [0.25, 0.3) is 11.0 Å². The first-order valence-electron chi connectivity index (χ1n) is 11.0. The zero-order valence-electron chi connectivity index (χ0n) is 18.1. The Kier molecular flexibility index (Phi) is 6.30. The van der Waals surface area contributed by atoms with Crippen molar-refractivity contribution in [2.45, 2.75) is 57.9 Å². The standard InChI is InChI=1S/C24H29NO6/c1-15-6-8-16(9-7-15)25(2)22(26)13-30-23(27)14-29-17-10-11-19-18-4-3-5-20(18)24(28)31-21(19)12-17/h10-12,15-16H,3-9,13-14H2,1-2H3. The molecule has 0 spiro atoms. The number of likely N-dealkylation sites (N-methyl/N-ethyl adjacent to an activating group) is 1. The number of rotatable bonds is 6. The summed E-state index contributed by atoms with van der Waals surface area (Å²) in [5.41, 5.74) is 1.97. The van der Waals surface area contributed by atoms with Gasteiger partial charge in [0.15, 0.2) is 13.2 Å². The normalized spacial score (nSPS) is 20.3. The quantitative estimate of drug-likeness (QED) is 0.520. The molecule has 1 fully saturated rings. The van der Waals surface area contributed by atoms with Crippen molar-refractivity contribution in [2.24, 2.45) is 5.92 Å². The third kappa shape index (κ3) is 4.75. The highest BCUT2D eigenvalue weighted by molar-refractivity contribution is 5.83. The Bertz CT molecular complexity index is 1030. The molecule has 4 rings (SSSR count). The Morgan fingerprint density at radius 3 is 2.61 bits per heavy atom. The number of esters is 1. The highest BCUT2D eigenvalue weighted by Gasteiger charge is 2.25. The summed E-state index contributed by atoms with van der Waals surface area (Å²) in [4.78, 5) is 38.2. The van der Waals surface area contributed by atoms with Gasteiger partial charge in [-0.05, 0) is 68.6 Å². The first-order chi connectivity index (χ1) is 14.9. The van der Waals surface area contributed by atoms with Gasteiger partial charge in [0.2, 0.25) is 0 Å². The smallest absolute Gasteiger partial charge is 0.344 e. The molecule has 166 valence electrons. The molecule has 0 radical (unpaired) electrons. The number of aryl methyl sites for hydroxylation is 1. The maximum absolute atomic E-state index is 12.3. The van der Waals surface area contributed by atoms with Crippen molar-refractivity contribution in [1.82, 2.24) is 4.90 Å². The van der Waals surface area contributed by atoms with Crippen LogP contribution in [0, 0.1) is 5.92 Å². The largest absolute Gasteiger partial charge is 0.482 e. The minimum atomic E-state index is -0.616. The molecule has 2 aromatic rings. The van der Waals surface area contributed by atoms with Crippen LogP contribution in [0.2, 0.25) is 0 Å². The summed E-state index contributed by atoms with van der Waals surface area (Å²) >= 11 is 0. The molecular formula is C24H29NO6. The van der Waals surface area contributed by atoms with Crippen LogP contribution in [0.5, 0.6) is 5.75 Å². The number of amides is 1.